The van der Waals surface area contributed by atoms with Crippen LogP contribution < -0.4 is 14.4 Å². The van der Waals surface area contributed by atoms with Crippen LogP contribution in [0.25, 0.3) is 0 Å². The number of anilines is 1. The van der Waals surface area contributed by atoms with Crippen molar-refractivity contribution < 1.29 is 23.8 Å². The number of hydrogen-bond acceptors (Lipinski definition) is 5. The Bertz CT molecular complexity index is 873. The van der Waals surface area contributed by atoms with Crippen LogP contribution in [0, 0.1) is 0 Å². The van der Waals surface area contributed by atoms with Crippen LogP contribution in [0.1, 0.15) is 29.3 Å². The molecule has 28 heavy (non-hydrogen) atoms. The van der Waals surface area contributed by atoms with Gasteiger partial charge in [0.05, 0.1) is 19.8 Å². The van der Waals surface area contributed by atoms with Gasteiger partial charge < -0.3 is 19.1 Å². The molecule has 0 aliphatic carbocycles. The predicted molar refractivity (Wildman–Crippen MR) is 109 cm³/mol. The maximum Gasteiger partial charge on any atom is 0.338 e. The van der Waals surface area contributed by atoms with Crippen molar-refractivity contribution in [2.75, 3.05) is 25.7 Å². The predicted octanol–water partition coefficient (Wildman–Crippen LogP) is 3.99. The van der Waals surface area contributed by atoms with E-state index in [9.17, 15) is 9.59 Å². The summed E-state index contributed by atoms with van der Waals surface area (Å²) in [6.07, 6.45) is 1.80. The van der Waals surface area contributed by atoms with E-state index in [1.807, 2.05) is 31.2 Å². The third kappa shape index (κ3) is 3.99. The number of carbonyl (C=O) groups excluding carboxylic acids is 2. The molecule has 0 bridgehead atoms. The van der Waals surface area contributed by atoms with Crippen LogP contribution in [0.3, 0.4) is 0 Å². The Morgan fingerprint density at radius 3 is 2.43 bits per heavy atom. The number of hydrogen-bond donors (Lipinski definition) is 0. The fraction of sp³-hybridized carbons (Fsp3) is 0.333. The first-order valence-electron chi connectivity index (χ1n) is 8.94. The molecule has 6 nitrogen and oxygen atoms in total. The van der Waals surface area contributed by atoms with Crippen molar-refractivity contribution in [3.8, 4) is 11.5 Å². The average molecular weight is 448 g/mol. The lowest BCUT2D eigenvalue weighted by molar-refractivity contribution is -0.122. The second-order valence-electron chi connectivity index (χ2n) is 6.55. The van der Waals surface area contributed by atoms with Crippen molar-refractivity contribution in [3.05, 3.63) is 52.0 Å². The van der Waals surface area contributed by atoms with E-state index in [-0.39, 0.29) is 24.1 Å². The molecule has 3 rings (SSSR count). The van der Waals surface area contributed by atoms with Gasteiger partial charge in [-0.05, 0) is 59.5 Å². The summed E-state index contributed by atoms with van der Waals surface area (Å²) in [4.78, 5) is 27.0. The van der Waals surface area contributed by atoms with Crippen LogP contribution in [0.5, 0.6) is 11.5 Å². The minimum Gasteiger partial charge on any atom is -0.495 e. The quantitative estimate of drug-likeness (QED) is 0.648. The van der Waals surface area contributed by atoms with Gasteiger partial charge in [-0.2, -0.15) is 0 Å². The minimum atomic E-state index is -0.615. The summed E-state index contributed by atoms with van der Waals surface area (Å²) in [6, 6.07) is 10.9. The highest BCUT2D eigenvalue weighted by Gasteiger charge is 2.28. The van der Waals surface area contributed by atoms with Gasteiger partial charge in [-0.25, -0.2) is 4.79 Å². The molecule has 0 saturated carbocycles. The van der Waals surface area contributed by atoms with Crippen LogP contribution in [-0.4, -0.2) is 38.7 Å². The molecule has 1 aliphatic rings. The smallest absolute Gasteiger partial charge is 0.338 e. The van der Waals surface area contributed by atoms with Crippen molar-refractivity contribution in [2.45, 2.75) is 25.8 Å². The first-order valence-corrected chi connectivity index (χ1v) is 9.74. The number of carbonyl (C=O) groups is 2. The zero-order chi connectivity index (χ0) is 20.3. The number of para-hydroxylation sites is 1. The lowest BCUT2D eigenvalue weighted by Crippen LogP contribution is -2.44. The van der Waals surface area contributed by atoms with Gasteiger partial charge in [0.15, 0.2) is 6.61 Å². The number of amides is 1. The number of halogens is 1. The molecule has 2 aromatic rings. The molecule has 1 aliphatic heterocycles. The maximum absolute atomic E-state index is 12.8. The van der Waals surface area contributed by atoms with Gasteiger partial charge >= 0.3 is 5.97 Å². The van der Waals surface area contributed by atoms with Crippen LogP contribution in [0.15, 0.2) is 40.9 Å². The number of ether oxygens (including phenoxy) is 3. The van der Waals surface area contributed by atoms with Gasteiger partial charge in [0, 0.05) is 11.7 Å². The second kappa shape index (κ2) is 8.65. The molecule has 2 aromatic carbocycles. The highest BCUT2D eigenvalue weighted by Crippen LogP contribution is 2.36. The third-order valence-corrected chi connectivity index (χ3v) is 5.58. The van der Waals surface area contributed by atoms with Gasteiger partial charge in [-0.3, -0.25) is 4.79 Å². The lowest BCUT2D eigenvalue weighted by atomic mass is 9.96. The normalized spacial score (nSPS) is 15.6. The summed E-state index contributed by atoms with van der Waals surface area (Å²) >= 11 is 3.36. The molecule has 0 N–H and O–H groups in total. The van der Waals surface area contributed by atoms with Gasteiger partial charge in [0.1, 0.15) is 16.0 Å². The van der Waals surface area contributed by atoms with E-state index in [1.165, 1.54) is 26.4 Å². The SMILES string of the molecule is COc1cc(C(=O)OCC(=O)N2c3ccccc3CCC2C)cc(OC)c1Br. The highest BCUT2D eigenvalue weighted by molar-refractivity contribution is 9.10. The van der Waals surface area contributed by atoms with E-state index in [0.717, 1.165) is 24.1 Å². The monoisotopic (exact) mass is 447 g/mol. The Kier molecular flexibility index (Phi) is 6.24. The number of aryl methyl sites for hydroxylation is 1. The number of fused-ring (bicyclic) bond motifs is 1. The average Bonchev–Trinajstić information content (AvgIpc) is 2.71. The topological polar surface area (TPSA) is 65.1 Å². The maximum atomic E-state index is 12.8. The summed E-state index contributed by atoms with van der Waals surface area (Å²) in [5.74, 6) is 0.0202. The highest BCUT2D eigenvalue weighted by atomic mass is 79.9. The standard InChI is InChI=1S/C21H22BrNO5/c1-13-8-9-14-6-4-5-7-16(14)23(13)19(24)12-28-21(25)15-10-17(26-2)20(22)18(11-15)27-3/h4-7,10-11,13H,8-9,12H2,1-3H3. The Hall–Kier alpha value is -2.54. The summed E-state index contributed by atoms with van der Waals surface area (Å²) < 4.78 is 16.4. The van der Waals surface area contributed by atoms with Gasteiger partial charge in [0.2, 0.25) is 0 Å². The van der Waals surface area contributed by atoms with Crippen LogP contribution in [0.4, 0.5) is 5.69 Å². The first kappa shape index (κ1) is 20.2. The first-order chi connectivity index (χ1) is 13.5. The summed E-state index contributed by atoms with van der Waals surface area (Å²) in [6.45, 7) is 1.66. The van der Waals surface area contributed by atoms with E-state index in [1.54, 1.807) is 4.90 Å². The minimum absolute atomic E-state index is 0.0500. The zero-order valence-corrected chi connectivity index (χ0v) is 17.6. The number of esters is 1. The molecule has 1 unspecified atom stereocenters. The Labute approximate surface area is 172 Å². The Morgan fingerprint density at radius 2 is 1.79 bits per heavy atom. The molecule has 1 amide bonds. The largest absolute Gasteiger partial charge is 0.495 e. The van der Waals surface area contributed by atoms with E-state index < -0.39 is 5.97 Å². The van der Waals surface area contributed by atoms with E-state index in [2.05, 4.69) is 15.9 Å². The molecule has 0 saturated heterocycles. The molecular formula is C21H22BrNO5. The van der Waals surface area contributed by atoms with Gasteiger partial charge in [-0.15, -0.1) is 0 Å². The third-order valence-electron chi connectivity index (χ3n) is 4.80. The molecule has 148 valence electrons. The molecule has 1 heterocycles. The summed E-state index contributed by atoms with van der Waals surface area (Å²) in [5, 5.41) is 0. The van der Waals surface area contributed by atoms with Gasteiger partial charge in [0.25, 0.3) is 5.91 Å². The van der Waals surface area contributed by atoms with E-state index in [4.69, 9.17) is 14.2 Å². The number of methoxy groups -OCH3 is 2. The van der Waals surface area contributed by atoms with Gasteiger partial charge in [-0.1, -0.05) is 18.2 Å². The van der Waals surface area contributed by atoms with Crippen LogP contribution in [0.2, 0.25) is 0 Å². The molecular weight excluding hydrogens is 426 g/mol. The van der Waals surface area contributed by atoms with Crippen molar-refractivity contribution in [3.63, 3.8) is 0 Å². The Balaban J connectivity index is 1.74. The molecule has 7 heteroatoms. The fourth-order valence-electron chi connectivity index (χ4n) is 3.34. The number of benzene rings is 2. The summed E-state index contributed by atoms with van der Waals surface area (Å²) in [5.41, 5.74) is 2.26. The van der Waals surface area contributed by atoms with Crippen molar-refractivity contribution >= 4 is 33.5 Å². The van der Waals surface area contributed by atoms with Crippen LogP contribution in [-0.2, 0) is 16.0 Å². The number of nitrogens with zero attached hydrogens (tertiary/aromatic N) is 1. The zero-order valence-electron chi connectivity index (χ0n) is 16.0. The molecule has 0 radical (unpaired) electrons. The van der Waals surface area contributed by atoms with Crippen molar-refractivity contribution in [1.82, 2.24) is 0 Å². The Morgan fingerprint density at radius 1 is 1.14 bits per heavy atom. The molecule has 0 spiro atoms. The fourth-order valence-corrected chi connectivity index (χ4v) is 3.89. The lowest BCUT2D eigenvalue weighted by Gasteiger charge is -2.35. The second-order valence-corrected chi connectivity index (χ2v) is 7.34. The van der Waals surface area contributed by atoms with Crippen LogP contribution >= 0.6 is 15.9 Å². The van der Waals surface area contributed by atoms with E-state index in [0.29, 0.717) is 16.0 Å². The van der Waals surface area contributed by atoms with E-state index >= 15 is 0 Å². The molecule has 0 fully saturated rings. The summed E-state index contributed by atoms with van der Waals surface area (Å²) in [7, 11) is 2.99. The molecule has 0 aromatic heterocycles. The van der Waals surface area contributed by atoms with Crippen molar-refractivity contribution in [1.29, 1.82) is 0 Å². The van der Waals surface area contributed by atoms with Crippen molar-refractivity contribution in [2.24, 2.45) is 0 Å². The number of rotatable bonds is 5. The molecule has 1 atom stereocenters.